The molecule has 0 aromatic heterocycles. The van der Waals surface area contributed by atoms with Gasteiger partial charge in [0, 0.05) is 12.4 Å². The van der Waals surface area contributed by atoms with E-state index in [9.17, 15) is 14.7 Å². The van der Waals surface area contributed by atoms with Crippen LogP contribution in [-0.2, 0) is 26.7 Å². The Kier molecular flexibility index (Phi) is 790. The quantitative estimate of drug-likeness (QED) is 0.233. The van der Waals surface area contributed by atoms with Gasteiger partial charge in [-0.3, -0.25) is 4.79 Å². The van der Waals surface area contributed by atoms with Gasteiger partial charge in [0.05, 0.1) is 0 Å². The number of hydrogen-bond donors (Lipinski definition) is 0. The summed E-state index contributed by atoms with van der Waals surface area (Å²) in [5.41, 5.74) is 0. The Labute approximate surface area is 270 Å². The molecule has 0 radical (unpaired) electrons. The molecule has 25 heavy (non-hydrogen) atoms. The van der Waals surface area contributed by atoms with Gasteiger partial charge in [-0.25, -0.2) is 0 Å². The Morgan fingerprint density at radius 3 is 0.760 bits per heavy atom. The van der Waals surface area contributed by atoms with E-state index in [1.807, 2.05) is 0 Å². The van der Waals surface area contributed by atoms with Crippen LogP contribution in [0.4, 0.5) is 0 Å². The Hall–Kier alpha value is 1.60. The first kappa shape index (κ1) is 94.3. The minimum Gasteiger partial charge on any atom is -0.550 e. The standard InChI is InChI=1S/C4H6O3.6CN.Fe.5Na/c1-3(5)2-4(6)7;6*1-2;;;;;;/h2H2,1H3,(H,6,7);;;;;;;;;;;;/q;6*-1;+2;5*+1/p-1. The molecule has 9 nitrogen and oxygen atoms in total. The van der Waals surface area contributed by atoms with Crippen LogP contribution in [0.25, 0.3) is 0 Å². The molecule has 0 saturated heterocycles. The second-order valence-corrected chi connectivity index (χ2v) is 1.25. The van der Waals surface area contributed by atoms with Crippen molar-refractivity contribution in [3.63, 3.8) is 0 Å². The summed E-state index contributed by atoms with van der Waals surface area (Å²) in [4.78, 5) is 19.3. The molecule has 0 saturated carbocycles. The Morgan fingerprint density at radius 2 is 0.760 bits per heavy atom. The molecule has 0 aliphatic carbocycles. The Bertz CT molecular complexity index is 263. The third-order valence-corrected chi connectivity index (χ3v) is 0.393. The number of Topliss-reactive ketones (excluding diaryl/α,β-unsaturated/α-hetero) is 1. The van der Waals surface area contributed by atoms with E-state index in [2.05, 4.69) is 0 Å². The summed E-state index contributed by atoms with van der Waals surface area (Å²) < 4.78 is 0. The number of rotatable bonds is 2. The van der Waals surface area contributed by atoms with Gasteiger partial charge in [-0.2, -0.15) is 0 Å². The van der Waals surface area contributed by atoms with Crippen molar-refractivity contribution in [3.8, 4) is 0 Å². The van der Waals surface area contributed by atoms with Crippen molar-refractivity contribution in [1.29, 1.82) is 31.6 Å². The minimum atomic E-state index is -1.31. The molecule has 0 atom stereocenters. The Balaban J connectivity index is -0.00000000648. The first-order chi connectivity index (χ1) is 9.13. The molecular formula is C10H5FeN6Na5O3. The molecule has 0 N–H and O–H groups in total. The van der Waals surface area contributed by atoms with E-state index < -0.39 is 12.4 Å². The molecule has 0 aromatic rings. The van der Waals surface area contributed by atoms with Crippen molar-refractivity contribution < 1.29 is 180 Å². The third-order valence-electron chi connectivity index (χ3n) is 0.393. The van der Waals surface area contributed by atoms with E-state index in [1.165, 1.54) is 6.92 Å². The second kappa shape index (κ2) is 209. The van der Waals surface area contributed by atoms with Crippen LogP contribution in [0.3, 0.4) is 0 Å². The topological polar surface area (TPSA) is 200 Å². The van der Waals surface area contributed by atoms with E-state index >= 15 is 0 Å². The van der Waals surface area contributed by atoms with Gasteiger partial charge in [-0.1, -0.05) is 0 Å². The van der Waals surface area contributed by atoms with E-state index in [1.54, 1.807) is 0 Å². The average molecular weight is 428 g/mol. The fraction of sp³-hybridized carbons (Fsp3) is 0.200. The normalized spacial score (nSPS) is 2.76. The molecule has 0 rings (SSSR count). The van der Waals surface area contributed by atoms with E-state index in [0.29, 0.717) is 0 Å². The van der Waals surface area contributed by atoms with Gasteiger partial charge in [-0.15, -0.1) is 0 Å². The monoisotopic (exact) mass is 428 g/mol. The first-order valence-electron chi connectivity index (χ1n) is 3.16. The maximum absolute atomic E-state index is 9.83. The predicted molar refractivity (Wildman–Crippen MR) is 50.1 cm³/mol. The van der Waals surface area contributed by atoms with Crippen molar-refractivity contribution >= 4 is 11.8 Å². The second-order valence-electron chi connectivity index (χ2n) is 1.25. The van der Waals surface area contributed by atoms with E-state index in [0.717, 1.165) is 0 Å². The molecule has 0 bridgehead atoms. The molecule has 0 unspecified atom stereocenters. The summed E-state index contributed by atoms with van der Waals surface area (Å²) in [5.74, 6) is -1.69. The number of nitrogens with zero attached hydrogens (tertiary/aromatic N) is 6. The summed E-state index contributed by atoms with van der Waals surface area (Å²) in [5, 5.41) is 47.0. The number of carboxylic acids is 1. The summed E-state index contributed by atoms with van der Waals surface area (Å²) in [6.07, 6.45) is -0.472. The van der Waals surface area contributed by atoms with Gasteiger partial charge < -0.3 is 80.9 Å². The van der Waals surface area contributed by atoms with Gasteiger partial charge in [0.25, 0.3) is 0 Å². The molecule has 0 aliphatic heterocycles. The predicted octanol–water partition coefficient (Wildman–Crippen LogP) is -15.7. The zero-order valence-electron chi connectivity index (χ0n) is 15.0. The largest absolute Gasteiger partial charge is 2.00 e. The van der Waals surface area contributed by atoms with Crippen LogP contribution in [0.2, 0.25) is 0 Å². The third kappa shape index (κ3) is 455. The number of hydrogen-bond acceptors (Lipinski definition) is 9. The van der Waals surface area contributed by atoms with Crippen molar-refractivity contribution in [1.82, 2.24) is 0 Å². The van der Waals surface area contributed by atoms with Crippen LogP contribution >= 0.6 is 0 Å². The van der Waals surface area contributed by atoms with Crippen LogP contribution in [0, 0.1) is 71.0 Å². The van der Waals surface area contributed by atoms with Crippen LogP contribution in [-0.4, -0.2) is 11.8 Å². The summed E-state index contributed by atoms with van der Waals surface area (Å²) in [7, 11) is 0. The maximum atomic E-state index is 9.83. The average Bonchev–Trinajstić information content (AvgIpc) is 2.50. The molecular weight excluding hydrogens is 423 g/mol. The molecule has 0 amide bonds. The number of carboxylic acid groups (broad SMARTS) is 1. The zero-order chi connectivity index (χ0) is 17.9. The number of ketones is 1. The van der Waals surface area contributed by atoms with Gasteiger partial charge in [0.2, 0.25) is 0 Å². The molecule has 15 heteroatoms. The number of aliphatic carboxylic acids is 1. The van der Waals surface area contributed by atoms with Gasteiger partial charge >= 0.3 is 165 Å². The summed E-state index contributed by atoms with van der Waals surface area (Å²) in [6, 6.07) is 0. The molecule has 0 heterocycles. The van der Waals surface area contributed by atoms with Gasteiger partial charge in [0.1, 0.15) is 5.78 Å². The van der Waals surface area contributed by atoms with E-state index in [4.69, 9.17) is 71.0 Å². The molecule has 106 valence electrons. The van der Waals surface area contributed by atoms with Gasteiger partial charge in [-0.05, 0) is 6.92 Å². The van der Waals surface area contributed by atoms with Crippen LogP contribution in [0.1, 0.15) is 13.3 Å². The minimum absolute atomic E-state index is 0. The fourth-order valence-electron chi connectivity index (χ4n) is 0.203. The number of carbonyl (C=O) groups excluding carboxylic acids is 2. The molecule has 0 aromatic carbocycles. The summed E-state index contributed by atoms with van der Waals surface area (Å²) >= 11 is 0. The van der Waals surface area contributed by atoms with Crippen molar-refractivity contribution in [2.45, 2.75) is 13.3 Å². The van der Waals surface area contributed by atoms with Crippen LogP contribution in [0.5, 0.6) is 0 Å². The van der Waals surface area contributed by atoms with Crippen LogP contribution < -0.4 is 153 Å². The van der Waals surface area contributed by atoms with Crippen molar-refractivity contribution in [2.24, 2.45) is 0 Å². The number of carbonyl (C=O) groups is 2. The van der Waals surface area contributed by atoms with Crippen molar-refractivity contribution in [3.05, 3.63) is 39.4 Å². The SMILES string of the molecule is CC(=O)CC(=O)[O-].[C-]#N.[C-]#N.[C-]#N.[C-]#N.[C-]#N.[C-]#N.[Fe+2].[Na+].[Na+].[Na+].[Na+].[Na+]. The molecule has 0 fully saturated rings. The molecule has 0 spiro atoms. The summed E-state index contributed by atoms with van der Waals surface area (Å²) in [6.45, 7) is 29.7. The fourth-order valence-corrected chi connectivity index (χ4v) is 0.203. The van der Waals surface area contributed by atoms with E-state index in [-0.39, 0.29) is 171 Å². The van der Waals surface area contributed by atoms with Gasteiger partial charge in [0.15, 0.2) is 0 Å². The Morgan fingerprint density at radius 1 is 0.640 bits per heavy atom. The molecule has 0 aliphatic rings. The zero-order valence-corrected chi connectivity index (χ0v) is 26.1. The van der Waals surface area contributed by atoms with Crippen molar-refractivity contribution in [2.75, 3.05) is 0 Å². The first-order valence-corrected chi connectivity index (χ1v) is 3.16. The van der Waals surface area contributed by atoms with Crippen LogP contribution in [0.15, 0.2) is 0 Å². The smallest absolute Gasteiger partial charge is 0.550 e. The maximum Gasteiger partial charge on any atom is 2.00 e.